The molecule has 0 aliphatic carbocycles. The van der Waals surface area contributed by atoms with Gasteiger partial charge in [-0.05, 0) is 66.2 Å². The Morgan fingerprint density at radius 1 is 0.677 bits per heavy atom. The monoisotopic (exact) mass is 409 g/mol. The second kappa shape index (κ2) is 9.98. The highest BCUT2D eigenvalue weighted by Gasteiger charge is 2.01. The molecule has 0 atom stereocenters. The van der Waals surface area contributed by atoms with Gasteiger partial charge < -0.3 is 20.5 Å². The zero-order valence-electron chi connectivity index (χ0n) is 16.9. The largest absolute Gasteiger partial charge is 0.489 e. The van der Waals surface area contributed by atoms with Crippen LogP contribution in [0.15, 0.2) is 114 Å². The molecule has 0 saturated carbocycles. The van der Waals surface area contributed by atoms with E-state index in [-0.39, 0.29) is 0 Å². The van der Waals surface area contributed by atoms with Crippen molar-refractivity contribution < 1.29 is 9.47 Å². The summed E-state index contributed by atoms with van der Waals surface area (Å²) in [7, 11) is 0. The number of hydrogen-bond donors (Lipinski definition) is 2. The third kappa shape index (κ3) is 6.11. The van der Waals surface area contributed by atoms with E-state index < -0.39 is 0 Å². The van der Waals surface area contributed by atoms with Gasteiger partial charge >= 0.3 is 0 Å². The van der Waals surface area contributed by atoms with E-state index in [4.69, 9.17) is 15.2 Å². The van der Waals surface area contributed by atoms with E-state index in [1.54, 1.807) is 0 Å². The molecule has 0 heterocycles. The number of rotatable bonds is 7. The molecule has 0 unspecified atom stereocenters. The molecule has 154 valence electrons. The molecule has 4 rings (SSSR count). The molecular formula is C26H23N3O2. The molecule has 31 heavy (non-hydrogen) atoms. The third-order valence-corrected chi connectivity index (χ3v) is 4.44. The fourth-order valence-electron chi connectivity index (χ4n) is 2.90. The van der Waals surface area contributed by atoms with E-state index in [0.717, 1.165) is 34.2 Å². The summed E-state index contributed by atoms with van der Waals surface area (Å²) in [6.07, 6.45) is 0. The lowest BCUT2D eigenvalue weighted by Crippen LogP contribution is -2.21. The van der Waals surface area contributed by atoms with Crippen molar-refractivity contribution in [2.75, 3.05) is 5.32 Å². The molecule has 0 radical (unpaired) electrons. The molecule has 5 heteroatoms. The lowest BCUT2D eigenvalue weighted by Gasteiger charge is -2.09. The average Bonchev–Trinajstić information content (AvgIpc) is 2.81. The lowest BCUT2D eigenvalue weighted by molar-refractivity contribution is 0.306. The Labute approximate surface area is 181 Å². The summed E-state index contributed by atoms with van der Waals surface area (Å²) in [6.45, 7) is 0.529. The summed E-state index contributed by atoms with van der Waals surface area (Å²) in [4.78, 5) is 4.40. The molecule has 0 saturated heterocycles. The highest BCUT2D eigenvalue weighted by Crippen LogP contribution is 2.24. The highest BCUT2D eigenvalue weighted by atomic mass is 16.5. The van der Waals surface area contributed by atoms with Gasteiger partial charge in [0.05, 0.1) is 5.69 Å². The third-order valence-electron chi connectivity index (χ3n) is 4.44. The molecular weight excluding hydrogens is 386 g/mol. The van der Waals surface area contributed by atoms with Crippen molar-refractivity contribution in [3.05, 3.63) is 115 Å². The van der Waals surface area contributed by atoms with Crippen molar-refractivity contribution in [2.24, 2.45) is 10.7 Å². The Hall–Kier alpha value is -4.25. The van der Waals surface area contributed by atoms with E-state index >= 15 is 0 Å². The molecule has 4 aromatic rings. The molecule has 0 fully saturated rings. The standard InChI is InChI=1S/C26H23N3O2/c27-26(29-22-13-17-25(18-14-22)31-24-9-5-2-6-10-24)28-21-11-15-23(16-12-21)30-19-20-7-3-1-4-8-20/h1-18H,19H2,(H3,27,28,29). The minimum atomic E-state index is 0.301. The van der Waals surface area contributed by atoms with Crippen LogP contribution in [0.5, 0.6) is 17.2 Å². The van der Waals surface area contributed by atoms with Crippen LogP contribution in [0.2, 0.25) is 0 Å². The quantitative estimate of drug-likeness (QED) is 0.285. The second-order valence-corrected chi connectivity index (χ2v) is 6.83. The highest BCUT2D eigenvalue weighted by molar-refractivity contribution is 5.94. The zero-order valence-corrected chi connectivity index (χ0v) is 16.9. The minimum absolute atomic E-state index is 0.301. The maximum atomic E-state index is 6.05. The van der Waals surface area contributed by atoms with Crippen molar-refractivity contribution in [2.45, 2.75) is 6.61 Å². The summed E-state index contributed by atoms with van der Waals surface area (Å²) in [5, 5.41) is 3.09. The predicted octanol–water partition coefficient (Wildman–Crippen LogP) is 6.12. The second-order valence-electron chi connectivity index (χ2n) is 6.83. The van der Waals surface area contributed by atoms with Gasteiger partial charge in [-0.3, -0.25) is 0 Å². The van der Waals surface area contributed by atoms with Crippen LogP contribution >= 0.6 is 0 Å². The topological polar surface area (TPSA) is 68.9 Å². The van der Waals surface area contributed by atoms with Gasteiger partial charge in [-0.2, -0.15) is 0 Å². The van der Waals surface area contributed by atoms with Crippen molar-refractivity contribution in [1.82, 2.24) is 0 Å². The smallest absolute Gasteiger partial charge is 0.198 e. The first-order chi connectivity index (χ1) is 15.2. The number of aliphatic imine (C=N–C) groups is 1. The SMILES string of the molecule is NC(=Nc1ccc(Oc2ccccc2)cc1)Nc1ccc(OCc2ccccc2)cc1. The average molecular weight is 409 g/mol. The molecule has 0 aliphatic rings. The minimum Gasteiger partial charge on any atom is -0.489 e. The van der Waals surface area contributed by atoms with Crippen LogP contribution in [-0.2, 0) is 6.61 Å². The Morgan fingerprint density at radius 2 is 1.26 bits per heavy atom. The number of benzene rings is 4. The first kappa shape index (κ1) is 20.0. The van der Waals surface area contributed by atoms with Gasteiger partial charge in [-0.1, -0.05) is 48.5 Å². The molecule has 0 aliphatic heterocycles. The van der Waals surface area contributed by atoms with Crippen LogP contribution in [0.4, 0.5) is 11.4 Å². The Balaban J connectivity index is 1.31. The summed E-state index contributed by atoms with van der Waals surface area (Å²) in [5.74, 6) is 2.62. The van der Waals surface area contributed by atoms with Crippen LogP contribution in [0.25, 0.3) is 0 Å². The maximum absolute atomic E-state index is 6.05. The number of para-hydroxylation sites is 1. The summed E-state index contributed by atoms with van der Waals surface area (Å²) < 4.78 is 11.6. The number of nitrogens with two attached hydrogens (primary N) is 1. The molecule has 0 spiro atoms. The number of anilines is 1. The van der Waals surface area contributed by atoms with E-state index in [0.29, 0.717) is 12.6 Å². The molecule has 3 N–H and O–H groups in total. The summed E-state index contributed by atoms with van der Waals surface area (Å²) in [6, 6.07) is 34.7. The first-order valence-electron chi connectivity index (χ1n) is 9.95. The van der Waals surface area contributed by atoms with Crippen LogP contribution < -0.4 is 20.5 Å². The van der Waals surface area contributed by atoms with Crippen LogP contribution in [0.3, 0.4) is 0 Å². The lowest BCUT2D eigenvalue weighted by atomic mass is 10.2. The fourth-order valence-corrected chi connectivity index (χ4v) is 2.90. The molecule has 0 aromatic heterocycles. The van der Waals surface area contributed by atoms with Crippen molar-refractivity contribution in [3.8, 4) is 17.2 Å². The van der Waals surface area contributed by atoms with Gasteiger partial charge in [0.25, 0.3) is 0 Å². The predicted molar refractivity (Wildman–Crippen MR) is 125 cm³/mol. The van der Waals surface area contributed by atoms with E-state index in [1.165, 1.54) is 0 Å². The van der Waals surface area contributed by atoms with Crippen LogP contribution in [0, 0.1) is 0 Å². The molecule has 0 amide bonds. The van der Waals surface area contributed by atoms with Crippen LogP contribution in [0.1, 0.15) is 5.56 Å². The Kier molecular flexibility index (Phi) is 6.45. The number of nitrogens with one attached hydrogen (secondary N) is 1. The van der Waals surface area contributed by atoms with Gasteiger partial charge in [-0.15, -0.1) is 0 Å². The number of ether oxygens (including phenoxy) is 2. The summed E-state index contributed by atoms with van der Waals surface area (Å²) >= 11 is 0. The van der Waals surface area contributed by atoms with Crippen LogP contribution in [-0.4, -0.2) is 5.96 Å². The van der Waals surface area contributed by atoms with Gasteiger partial charge in [0.15, 0.2) is 5.96 Å². The molecule has 0 bridgehead atoms. The van der Waals surface area contributed by atoms with E-state index in [1.807, 2.05) is 109 Å². The normalized spacial score (nSPS) is 11.0. The van der Waals surface area contributed by atoms with Gasteiger partial charge in [0.1, 0.15) is 23.9 Å². The fraction of sp³-hybridized carbons (Fsp3) is 0.0385. The van der Waals surface area contributed by atoms with E-state index in [9.17, 15) is 0 Å². The first-order valence-corrected chi connectivity index (χ1v) is 9.95. The molecule has 5 nitrogen and oxygen atoms in total. The Morgan fingerprint density at radius 3 is 1.94 bits per heavy atom. The van der Waals surface area contributed by atoms with Gasteiger partial charge in [0.2, 0.25) is 0 Å². The van der Waals surface area contributed by atoms with E-state index in [2.05, 4.69) is 10.3 Å². The van der Waals surface area contributed by atoms with Crippen molar-refractivity contribution in [1.29, 1.82) is 0 Å². The Bertz CT molecular complexity index is 1110. The number of guanidine groups is 1. The number of hydrogen-bond acceptors (Lipinski definition) is 3. The number of nitrogens with zero attached hydrogens (tertiary/aromatic N) is 1. The summed E-state index contributed by atoms with van der Waals surface area (Å²) in [5.41, 5.74) is 8.74. The van der Waals surface area contributed by atoms with Gasteiger partial charge in [0, 0.05) is 5.69 Å². The zero-order chi connectivity index (χ0) is 21.3. The molecule has 4 aromatic carbocycles. The van der Waals surface area contributed by atoms with Gasteiger partial charge in [-0.25, -0.2) is 4.99 Å². The van der Waals surface area contributed by atoms with Crippen molar-refractivity contribution >= 4 is 17.3 Å². The maximum Gasteiger partial charge on any atom is 0.198 e. The van der Waals surface area contributed by atoms with Crippen molar-refractivity contribution in [3.63, 3.8) is 0 Å².